The van der Waals surface area contributed by atoms with Crippen LogP contribution >= 0.6 is 0 Å². The minimum absolute atomic E-state index is 0.232. The van der Waals surface area contributed by atoms with Gasteiger partial charge in [0.25, 0.3) is 0 Å². The first-order valence-electron chi connectivity index (χ1n) is 8.00. The van der Waals surface area contributed by atoms with E-state index in [0.29, 0.717) is 0 Å². The Bertz CT molecular complexity index is 600. The van der Waals surface area contributed by atoms with E-state index in [1.807, 2.05) is 6.07 Å². The van der Waals surface area contributed by atoms with Crippen LogP contribution in [0.5, 0.6) is 5.75 Å². The first-order chi connectivity index (χ1) is 10.3. The molecule has 1 aliphatic carbocycles. The highest BCUT2D eigenvalue weighted by Gasteiger charge is 2.19. The van der Waals surface area contributed by atoms with Crippen molar-refractivity contribution in [3.05, 3.63) is 42.0 Å². The van der Waals surface area contributed by atoms with Gasteiger partial charge in [0.2, 0.25) is 0 Å². The van der Waals surface area contributed by atoms with Crippen molar-refractivity contribution in [2.75, 3.05) is 7.11 Å². The molecule has 0 spiro atoms. The summed E-state index contributed by atoms with van der Waals surface area (Å²) in [6.07, 6.45) is 6.71. The summed E-state index contributed by atoms with van der Waals surface area (Å²) in [5, 5.41) is 12.8. The minimum Gasteiger partial charge on any atom is -0.497 e. The summed E-state index contributed by atoms with van der Waals surface area (Å²) in [6, 6.07) is 12.5. The predicted octanol–water partition coefficient (Wildman–Crippen LogP) is 4.33. The van der Waals surface area contributed by atoms with Gasteiger partial charge in [-0.15, -0.1) is 0 Å². The van der Waals surface area contributed by atoms with Crippen LogP contribution in [0.3, 0.4) is 0 Å². The topological polar surface area (TPSA) is 29.5 Å². The summed E-state index contributed by atoms with van der Waals surface area (Å²) in [4.78, 5) is 0. The second-order valence-corrected chi connectivity index (χ2v) is 6.25. The summed E-state index contributed by atoms with van der Waals surface area (Å²) in [7, 11) is 1.69. The second-order valence-electron chi connectivity index (χ2n) is 6.25. The Balaban J connectivity index is 1.78. The number of hydrogen-bond donors (Lipinski definition) is 1. The van der Waals surface area contributed by atoms with Gasteiger partial charge >= 0.3 is 0 Å². The molecule has 1 atom stereocenters. The lowest BCUT2D eigenvalue weighted by Gasteiger charge is -2.16. The average Bonchev–Trinajstić information content (AvgIpc) is 3.00. The Kier molecular flexibility index (Phi) is 4.45. The van der Waals surface area contributed by atoms with Crippen LogP contribution in [0.15, 0.2) is 36.4 Å². The van der Waals surface area contributed by atoms with Crippen LogP contribution in [-0.4, -0.2) is 18.3 Å². The molecule has 0 saturated heterocycles. The molecule has 2 nitrogen and oxygen atoms in total. The SMILES string of the molecule is COc1ccc2cccc(CC(O)CC3CCCC3)c2c1. The first-order valence-corrected chi connectivity index (χ1v) is 8.00. The predicted molar refractivity (Wildman–Crippen MR) is 86.8 cm³/mol. The number of benzene rings is 2. The number of aliphatic hydroxyl groups is 1. The molecule has 21 heavy (non-hydrogen) atoms. The maximum atomic E-state index is 10.4. The summed E-state index contributed by atoms with van der Waals surface area (Å²) < 4.78 is 5.33. The third kappa shape index (κ3) is 3.38. The lowest BCUT2D eigenvalue weighted by Crippen LogP contribution is -2.15. The third-order valence-corrected chi connectivity index (χ3v) is 4.72. The van der Waals surface area contributed by atoms with Gasteiger partial charge < -0.3 is 9.84 Å². The number of fused-ring (bicyclic) bond motifs is 1. The van der Waals surface area contributed by atoms with E-state index in [-0.39, 0.29) is 6.10 Å². The van der Waals surface area contributed by atoms with Crippen molar-refractivity contribution < 1.29 is 9.84 Å². The summed E-state index contributed by atoms with van der Waals surface area (Å²) in [5.41, 5.74) is 1.22. The van der Waals surface area contributed by atoms with Crippen LogP contribution in [0, 0.1) is 5.92 Å². The minimum atomic E-state index is -0.232. The molecule has 0 aliphatic heterocycles. The molecule has 0 amide bonds. The Hall–Kier alpha value is -1.54. The molecule has 0 bridgehead atoms. The van der Waals surface area contributed by atoms with Crippen LogP contribution in [-0.2, 0) is 6.42 Å². The third-order valence-electron chi connectivity index (χ3n) is 4.72. The molecule has 1 saturated carbocycles. The highest BCUT2D eigenvalue weighted by Crippen LogP contribution is 2.30. The van der Waals surface area contributed by atoms with Gasteiger partial charge in [0, 0.05) is 0 Å². The van der Waals surface area contributed by atoms with E-state index in [9.17, 15) is 5.11 Å². The van der Waals surface area contributed by atoms with E-state index in [1.165, 1.54) is 42.0 Å². The Labute approximate surface area is 126 Å². The molecule has 0 radical (unpaired) electrons. The van der Waals surface area contributed by atoms with Crippen LogP contribution < -0.4 is 4.74 Å². The van der Waals surface area contributed by atoms with Crippen molar-refractivity contribution in [1.82, 2.24) is 0 Å². The van der Waals surface area contributed by atoms with E-state index in [2.05, 4.69) is 30.3 Å². The zero-order valence-corrected chi connectivity index (χ0v) is 12.7. The van der Waals surface area contributed by atoms with Gasteiger partial charge in [0.1, 0.15) is 5.75 Å². The van der Waals surface area contributed by atoms with Crippen LogP contribution in [0.2, 0.25) is 0 Å². The second kappa shape index (κ2) is 6.48. The maximum absolute atomic E-state index is 10.4. The fourth-order valence-corrected chi connectivity index (χ4v) is 3.59. The van der Waals surface area contributed by atoms with Gasteiger partial charge in [0.15, 0.2) is 0 Å². The van der Waals surface area contributed by atoms with Gasteiger partial charge in [-0.3, -0.25) is 0 Å². The van der Waals surface area contributed by atoms with E-state index in [1.54, 1.807) is 7.11 Å². The molecule has 1 N–H and O–H groups in total. The van der Waals surface area contributed by atoms with Crippen LogP contribution in [0.1, 0.15) is 37.7 Å². The lowest BCUT2D eigenvalue weighted by molar-refractivity contribution is 0.143. The quantitative estimate of drug-likeness (QED) is 0.885. The fourth-order valence-electron chi connectivity index (χ4n) is 3.59. The average molecular weight is 284 g/mol. The molecule has 1 fully saturated rings. The highest BCUT2D eigenvalue weighted by molar-refractivity contribution is 5.87. The molecular formula is C19H24O2. The molecule has 3 rings (SSSR count). The van der Waals surface area contributed by atoms with E-state index >= 15 is 0 Å². The first kappa shape index (κ1) is 14.4. The molecule has 2 heteroatoms. The van der Waals surface area contributed by atoms with Crippen molar-refractivity contribution in [1.29, 1.82) is 0 Å². The highest BCUT2D eigenvalue weighted by atomic mass is 16.5. The smallest absolute Gasteiger partial charge is 0.119 e. The zero-order chi connectivity index (χ0) is 14.7. The van der Waals surface area contributed by atoms with Gasteiger partial charge in [-0.1, -0.05) is 49.9 Å². The van der Waals surface area contributed by atoms with Crippen molar-refractivity contribution >= 4 is 10.8 Å². The lowest BCUT2D eigenvalue weighted by atomic mass is 9.93. The molecule has 1 unspecified atom stereocenters. The Morgan fingerprint density at radius 3 is 2.76 bits per heavy atom. The van der Waals surface area contributed by atoms with E-state index < -0.39 is 0 Å². The molecule has 2 aromatic rings. The van der Waals surface area contributed by atoms with E-state index in [4.69, 9.17) is 4.74 Å². The number of hydrogen-bond acceptors (Lipinski definition) is 2. The molecule has 1 aliphatic rings. The van der Waals surface area contributed by atoms with Crippen molar-refractivity contribution in [3.63, 3.8) is 0 Å². The molecule has 0 aromatic heterocycles. The molecule has 0 heterocycles. The molecular weight excluding hydrogens is 260 g/mol. The number of ether oxygens (including phenoxy) is 1. The monoisotopic (exact) mass is 284 g/mol. The van der Waals surface area contributed by atoms with Crippen LogP contribution in [0.25, 0.3) is 10.8 Å². The van der Waals surface area contributed by atoms with Crippen molar-refractivity contribution in [2.24, 2.45) is 5.92 Å². The van der Waals surface area contributed by atoms with Gasteiger partial charge in [-0.25, -0.2) is 0 Å². The molecule has 2 aromatic carbocycles. The zero-order valence-electron chi connectivity index (χ0n) is 12.7. The van der Waals surface area contributed by atoms with Crippen molar-refractivity contribution in [3.8, 4) is 5.75 Å². The Morgan fingerprint density at radius 1 is 1.19 bits per heavy atom. The number of rotatable bonds is 5. The number of aliphatic hydroxyl groups excluding tert-OH is 1. The largest absolute Gasteiger partial charge is 0.497 e. The van der Waals surface area contributed by atoms with Crippen LogP contribution in [0.4, 0.5) is 0 Å². The molecule has 112 valence electrons. The summed E-state index contributed by atoms with van der Waals surface area (Å²) >= 11 is 0. The summed E-state index contributed by atoms with van der Waals surface area (Å²) in [5.74, 6) is 1.60. The number of methoxy groups -OCH3 is 1. The fraction of sp³-hybridized carbons (Fsp3) is 0.474. The normalized spacial score (nSPS) is 17.2. The Morgan fingerprint density at radius 2 is 2.00 bits per heavy atom. The maximum Gasteiger partial charge on any atom is 0.119 e. The standard InChI is InChI=1S/C19H24O2/c1-21-18-10-9-15-7-4-8-16(19(15)13-18)12-17(20)11-14-5-2-3-6-14/h4,7-10,13-14,17,20H,2-3,5-6,11-12H2,1H3. The summed E-state index contributed by atoms with van der Waals surface area (Å²) in [6.45, 7) is 0. The van der Waals surface area contributed by atoms with Gasteiger partial charge in [-0.2, -0.15) is 0 Å². The van der Waals surface area contributed by atoms with E-state index in [0.717, 1.165) is 24.5 Å². The van der Waals surface area contributed by atoms with Gasteiger partial charge in [0.05, 0.1) is 13.2 Å². The van der Waals surface area contributed by atoms with Gasteiger partial charge in [-0.05, 0) is 47.2 Å². The van der Waals surface area contributed by atoms with Crippen molar-refractivity contribution in [2.45, 2.75) is 44.6 Å².